The van der Waals surface area contributed by atoms with Gasteiger partial charge in [0.1, 0.15) is 12.9 Å². The summed E-state index contributed by atoms with van der Waals surface area (Å²) in [6.07, 6.45) is 5.86. The monoisotopic (exact) mass is 411 g/mol. The Labute approximate surface area is 179 Å². The van der Waals surface area contributed by atoms with Crippen LogP contribution in [0.1, 0.15) is 43.7 Å². The van der Waals surface area contributed by atoms with Gasteiger partial charge in [-0.05, 0) is 30.5 Å². The van der Waals surface area contributed by atoms with E-state index in [1.165, 1.54) is 5.56 Å². The number of unbranched alkanes of at least 4 members (excludes halogenated alkanes) is 3. The van der Waals surface area contributed by atoms with Gasteiger partial charge in [-0.3, -0.25) is 4.90 Å². The summed E-state index contributed by atoms with van der Waals surface area (Å²) in [5.74, 6) is -1.08. The van der Waals surface area contributed by atoms with E-state index >= 15 is 0 Å². The summed E-state index contributed by atoms with van der Waals surface area (Å²) >= 11 is 0. The lowest BCUT2D eigenvalue weighted by Crippen LogP contribution is -2.49. The minimum absolute atomic E-state index is 0.194. The molecule has 0 saturated heterocycles. The van der Waals surface area contributed by atoms with E-state index in [0.29, 0.717) is 11.8 Å². The van der Waals surface area contributed by atoms with Gasteiger partial charge in [-0.25, -0.2) is 4.79 Å². The summed E-state index contributed by atoms with van der Waals surface area (Å²) in [6, 6.07) is 19.1. The second-order valence-corrected chi connectivity index (χ2v) is 7.55. The number of benzene rings is 2. The molecule has 2 aromatic rings. The Morgan fingerprint density at radius 3 is 2.27 bits per heavy atom. The number of carboxylic acids is 1. The van der Waals surface area contributed by atoms with Gasteiger partial charge in [0, 0.05) is 13.1 Å². The summed E-state index contributed by atoms with van der Waals surface area (Å²) in [4.78, 5) is 25.6. The normalized spacial score (nSPS) is 13.1. The first-order valence-corrected chi connectivity index (χ1v) is 10.7. The molecule has 0 heterocycles. The van der Waals surface area contributed by atoms with Crippen molar-refractivity contribution in [2.45, 2.75) is 44.6 Å². The first kappa shape index (κ1) is 23.8. The van der Waals surface area contributed by atoms with Gasteiger partial charge in [-0.1, -0.05) is 86.8 Å². The van der Waals surface area contributed by atoms with Crippen molar-refractivity contribution in [3.05, 3.63) is 71.8 Å². The molecule has 1 N–H and O–H groups in total. The molecule has 0 amide bonds. The number of nitrogens with zero attached hydrogens (tertiary/aromatic N) is 1. The van der Waals surface area contributed by atoms with Crippen molar-refractivity contribution in [2.24, 2.45) is 0 Å². The Morgan fingerprint density at radius 1 is 1.00 bits per heavy atom. The van der Waals surface area contributed by atoms with Gasteiger partial charge in [0.2, 0.25) is 5.60 Å². The van der Waals surface area contributed by atoms with Crippen LogP contribution in [0.3, 0.4) is 0 Å². The molecule has 0 spiro atoms. The summed E-state index contributed by atoms with van der Waals surface area (Å²) < 4.78 is 5.73. The van der Waals surface area contributed by atoms with Crippen molar-refractivity contribution < 1.29 is 19.4 Å². The highest BCUT2D eigenvalue weighted by molar-refractivity contribution is 5.80. The molecule has 162 valence electrons. The number of carbonyl (C=O) groups is 2. The number of carbonyl (C=O) groups excluding carboxylic acids is 1. The van der Waals surface area contributed by atoms with E-state index in [0.717, 1.165) is 45.2 Å². The molecule has 0 fully saturated rings. The van der Waals surface area contributed by atoms with Crippen LogP contribution in [0.5, 0.6) is 0 Å². The molecule has 0 bridgehead atoms. The van der Waals surface area contributed by atoms with E-state index < -0.39 is 11.6 Å². The molecule has 0 aliphatic rings. The topological polar surface area (TPSA) is 66.8 Å². The zero-order valence-corrected chi connectivity index (χ0v) is 17.8. The molecule has 0 aliphatic heterocycles. The van der Waals surface area contributed by atoms with Crippen LogP contribution in [-0.4, -0.2) is 48.5 Å². The number of carboxylic acid groups (broad SMARTS) is 1. The second-order valence-electron chi connectivity index (χ2n) is 7.55. The third-order valence-corrected chi connectivity index (χ3v) is 5.32. The molecule has 0 saturated carbocycles. The third-order valence-electron chi connectivity index (χ3n) is 5.32. The van der Waals surface area contributed by atoms with Gasteiger partial charge in [0.05, 0.1) is 0 Å². The Balaban J connectivity index is 2.24. The number of rotatable bonds is 15. The minimum Gasteiger partial charge on any atom is -0.479 e. The minimum atomic E-state index is -1.58. The standard InChI is InChI=1S/C25H33NO4/c1-2-3-4-11-17-26(18-16-22-12-7-5-8-13-22)21-25(24(28)29,30-20-19-27)23-14-9-6-10-15-23/h5-10,12-15,19H,2-4,11,16-18,20-21H2,1H3,(H,28,29). The van der Waals surface area contributed by atoms with Crippen LogP contribution in [0.2, 0.25) is 0 Å². The zero-order chi connectivity index (χ0) is 21.7. The number of aldehydes is 1. The van der Waals surface area contributed by atoms with Crippen LogP contribution in [0, 0.1) is 0 Å². The lowest BCUT2D eigenvalue weighted by Gasteiger charge is -2.35. The van der Waals surface area contributed by atoms with E-state index in [4.69, 9.17) is 4.74 Å². The van der Waals surface area contributed by atoms with Gasteiger partial charge < -0.3 is 14.6 Å². The number of hydrogen-bond donors (Lipinski definition) is 1. The smallest absolute Gasteiger partial charge is 0.342 e. The van der Waals surface area contributed by atoms with Crippen LogP contribution in [0.4, 0.5) is 0 Å². The van der Waals surface area contributed by atoms with E-state index in [1.807, 2.05) is 24.3 Å². The molecule has 5 heteroatoms. The maximum absolute atomic E-state index is 12.4. The fraction of sp³-hybridized carbons (Fsp3) is 0.440. The van der Waals surface area contributed by atoms with Crippen molar-refractivity contribution in [1.29, 1.82) is 0 Å². The Kier molecular flexibility index (Phi) is 10.3. The summed E-state index contributed by atoms with van der Waals surface area (Å²) in [5.41, 5.74) is 0.187. The van der Waals surface area contributed by atoms with Crippen LogP contribution in [0.15, 0.2) is 60.7 Å². The summed E-state index contributed by atoms with van der Waals surface area (Å²) in [6.45, 7) is 3.62. The highest BCUT2D eigenvalue weighted by atomic mass is 16.5. The first-order valence-electron chi connectivity index (χ1n) is 10.7. The lowest BCUT2D eigenvalue weighted by molar-refractivity contribution is -0.171. The summed E-state index contributed by atoms with van der Waals surface area (Å²) in [7, 11) is 0. The van der Waals surface area contributed by atoms with E-state index in [1.54, 1.807) is 24.3 Å². The SMILES string of the molecule is CCCCCCN(CCc1ccccc1)CC(OCC=O)(C(=O)O)c1ccccc1. The van der Waals surface area contributed by atoms with Crippen LogP contribution in [0.25, 0.3) is 0 Å². The fourth-order valence-corrected chi connectivity index (χ4v) is 3.64. The number of aliphatic carboxylic acids is 1. The largest absolute Gasteiger partial charge is 0.479 e. The van der Waals surface area contributed by atoms with Crippen molar-refractivity contribution in [2.75, 3.05) is 26.2 Å². The molecular weight excluding hydrogens is 378 g/mol. The maximum Gasteiger partial charge on any atom is 0.342 e. The van der Waals surface area contributed by atoms with Gasteiger partial charge in [-0.2, -0.15) is 0 Å². The van der Waals surface area contributed by atoms with Crippen molar-refractivity contribution >= 4 is 12.3 Å². The lowest BCUT2D eigenvalue weighted by atomic mass is 9.92. The van der Waals surface area contributed by atoms with Crippen molar-refractivity contribution in [3.8, 4) is 0 Å². The molecule has 1 atom stereocenters. The molecule has 2 rings (SSSR count). The maximum atomic E-state index is 12.4. The van der Waals surface area contributed by atoms with Gasteiger partial charge in [0.15, 0.2) is 0 Å². The third kappa shape index (κ3) is 7.08. The van der Waals surface area contributed by atoms with Gasteiger partial charge in [-0.15, -0.1) is 0 Å². The van der Waals surface area contributed by atoms with E-state index in [2.05, 4.69) is 24.0 Å². The van der Waals surface area contributed by atoms with Crippen LogP contribution in [-0.2, 0) is 26.3 Å². The van der Waals surface area contributed by atoms with E-state index in [9.17, 15) is 14.7 Å². The second kappa shape index (κ2) is 12.9. The fourth-order valence-electron chi connectivity index (χ4n) is 3.64. The Morgan fingerprint density at radius 2 is 1.67 bits per heavy atom. The Bertz CT molecular complexity index is 750. The molecule has 0 radical (unpaired) electrons. The van der Waals surface area contributed by atoms with Crippen molar-refractivity contribution in [3.63, 3.8) is 0 Å². The highest BCUT2D eigenvalue weighted by Crippen LogP contribution is 2.28. The number of ether oxygens (including phenoxy) is 1. The first-order chi connectivity index (χ1) is 14.6. The molecule has 0 aliphatic carbocycles. The quantitative estimate of drug-likeness (QED) is 0.349. The molecule has 1 unspecified atom stereocenters. The molecule has 30 heavy (non-hydrogen) atoms. The van der Waals surface area contributed by atoms with Gasteiger partial charge in [0.25, 0.3) is 0 Å². The molecule has 2 aromatic carbocycles. The molecular formula is C25H33NO4. The van der Waals surface area contributed by atoms with Crippen LogP contribution < -0.4 is 0 Å². The molecule has 5 nitrogen and oxygen atoms in total. The number of hydrogen-bond acceptors (Lipinski definition) is 4. The average Bonchev–Trinajstić information content (AvgIpc) is 2.78. The van der Waals surface area contributed by atoms with E-state index in [-0.39, 0.29) is 13.2 Å². The molecule has 0 aromatic heterocycles. The van der Waals surface area contributed by atoms with Crippen molar-refractivity contribution in [1.82, 2.24) is 4.90 Å². The highest BCUT2D eigenvalue weighted by Gasteiger charge is 2.43. The average molecular weight is 412 g/mol. The predicted molar refractivity (Wildman–Crippen MR) is 118 cm³/mol. The van der Waals surface area contributed by atoms with Gasteiger partial charge >= 0.3 is 5.97 Å². The predicted octanol–water partition coefficient (Wildman–Crippen LogP) is 4.31. The zero-order valence-electron chi connectivity index (χ0n) is 17.8. The summed E-state index contributed by atoms with van der Waals surface area (Å²) in [5, 5.41) is 10.2. The van der Waals surface area contributed by atoms with Crippen LogP contribution >= 0.6 is 0 Å². The Hall–Kier alpha value is -2.50.